The maximum atomic E-state index is 12.1. The average Bonchev–Trinajstić information content (AvgIpc) is 2.77. The summed E-state index contributed by atoms with van der Waals surface area (Å²) in [6.45, 7) is 5.47. The molecule has 0 amide bonds. The fraction of sp³-hybridized carbons (Fsp3) is 0.348. The summed E-state index contributed by atoms with van der Waals surface area (Å²) < 4.78 is 11.2. The van der Waals surface area contributed by atoms with Crippen molar-refractivity contribution < 1.29 is 9.47 Å². The van der Waals surface area contributed by atoms with Crippen LogP contribution in [0.4, 0.5) is 5.69 Å². The molecule has 0 saturated carbocycles. The number of aromatic amines is 1. The Bertz CT molecular complexity index is 1010. The van der Waals surface area contributed by atoms with E-state index >= 15 is 0 Å². The standard InChI is InChI=1S/C23H27N3O3/c1-28-21-10-5-4-9-20(21)26-14-12-25(13-15-26)11-6-16-29-22-17-18-7-2-3-8-19(18)24-23(22)27/h2-5,7-10,17H,6,11-16H2,1H3,(H,24,27). The van der Waals surface area contributed by atoms with E-state index in [1.54, 1.807) is 7.11 Å². The van der Waals surface area contributed by atoms with Crippen molar-refractivity contribution in [2.75, 3.05) is 51.3 Å². The first-order valence-electron chi connectivity index (χ1n) is 10.1. The zero-order valence-electron chi connectivity index (χ0n) is 16.8. The third kappa shape index (κ3) is 4.54. The van der Waals surface area contributed by atoms with E-state index in [4.69, 9.17) is 9.47 Å². The molecule has 0 aliphatic carbocycles. The van der Waals surface area contributed by atoms with Crippen molar-refractivity contribution in [2.45, 2.75) is 6.42 Å². The van der Waals surface area contributed by atoms with Gasteiger partial charge < -0.3 is 19.4 Å². The van der Waals surface area contributed by atoms with Crippen molar-refractivity contribution in [2.24, 2.45) is 0 Å². The number of hydrogen-bond acceptors (Lipinski definition) is 5. The van der Waals surface area contributed by atoms with Crippen molar-refractivity contribution in [1.29, 1.82) is 0 Å². The summed E-state index contributed by atoms with van der Waals surface area (Å²) in [5, 5.41) is 0.981. The zero-order valence-corrected chi connectivity index (χ0v) is 16.8. The Hall–Kier alpha value is -2.99. The van der Waals surface area contributed by atoms with Gasteiger partial charge in [-0.2, -0.15) is 0 Å². The van der Waals surface area contributed by atoms with Gasteiger partial charge in [0.15, 0.2) is 5.75 Å². The Balaban J connectivity index is 1.24. The largest absolute Gasteiger partial charge is 0.495 e. The highest BCUT2D eigenvalue weighted by atomic mass is 16.5. The molecule has 0 spiro atoms. The van der Waals surface area contributed by atoms with Crippen molar-refractivity contribution >= 4 is 16.6 Å². The molecule has 152 valence electrons. The van der Waals surface area contributed by atoms with Gasteiger partial charge in [0.25, 0.3) is 5.56 Å². The van der Waals surface area contributed by atoms with Crippen molar-refractivity contribution in [3.8, 4) is 11.5 Å². The van der Waals surface area contributed by atoms with Gasteiger partial charge in [0.1, 0.15) is 5.75 Å². The lowest BCUT2D eigenvalue weighted by Gasteiger charge is -2.36. The molecule has 1 aliphatic heterocycles. The summed E-state index contributed by atoms with van der Waals surface area (Å²) in [4.78, 5) is 19.8. The van der Waals surface area contributed by atoms with Crippen LogP contribution in [-0.2, 0) is 0 Å². The number of piperazine rings is 1. The Kier molecular flexibility index (Phi) is 6.00. The number of rotatable bonds is 7. The van der Waals surface area contributed by atoms with Gasteiger partial charge in [-0.25, -0.2) is 0 Å². The van der Waals surface area contributed by atoms with Gasteiger partial charge in [-0.3, -0.25) is 9.69 Å². The van der Waals surface area contributed by atoms with E-state index < -0.39 is 0 Å². The van der Waals surface area contributed by atoms with Gasteiger partial charge in [-0.05, 0) is 30.7 Å². The van der Waals surface area contributed by atoms with Crippen LogP contribution in [0.15, 0.2) is 59.4 Å². The number of hydrogen-bond donors (Lipinski definition) is 1. The normalized spacial score (nSPS) is 14.9. The zero-order chi connectivity index (χ0) is 20.1. The predicted octanol–water partition coefficient (Wildman–Crippen LogP) is 3.13. The van der Waals surface area contributed by atoms with Crippen LogP contribution >= 0.6 is 0 Å². The second-order valence-corrected chi connectivity index (χ2v) is 7.25. The molecule has 6 heteroatoms. The van der Waals surface area contributed by atoms with Crippen LogP contribution in [0.5, 0.6) is 11.5 Å². The van der Waals surface area contributed by atoms with E-state index in [9.17, 15) is 4.79 Å². The third-order valence-corrected chi connectivity index (χ3v) is 5.39. The highest BCUT2D eigenvalue weighted by Crippen LogP contribution is 2.28. The lowest BCUT2D eigenvalue weighted by Crippen LogP contribution is -2.46. The molecule has 2 aromatic carbocycles. The summed E-state index contributed by atoms with van der Waals surface area (Å²) in [5.74, 6) is 1.32. The second kappa shape index (κ2) is 9.01. The van der Waals surface area contributed by atoms with Crippen molar-refractivity contribution in [3.63, 3.8) is 0 Å². The molecule has 0 unspecified atom stereocenters. The number of nitrogens with one attached hydrogen (secondary N) is 1. The first-order valence-corrected chi connectivity index (χ1v) is 10.1. The van der Waals surface area contributed by atoms with E-state index in [2.05, 4.69) is 26.9 Å². The van der Waals surface area contributed by atoms with Crippen LogP contribution in [0.25, 0.3) is 10.9 Å². The Labute approximate surface area is 170 Å². The molecule has 4 rings (SSSR count). The number of aromatic nitrogens is 1. The molecule has 3 aromatic rings. The molecule has 2 heterocycles. The van der Waals surface area contributed by atoms with Crippen LogP contribution in [0.1, 0.15) is 6.42 Å². The highest BCUT2D eigenvalue weighted by Gasteiger charge is 2.19. The van der Waals surface area contributed by atoms with E-state index in [1.807, 2.05) is 42.5 Å². The first-order chi connectivity index (χ1) is 14.2. The summed E-state index contributed by atoms with van der Waals surface area (Å²) in [6, 6.07) is 17.7. The maximum absolute atomic E-state index is 12.1. The molecule has 1 aromatic heterocycles. The number of fused-ring (bicyclic) bond motifs is 1. The minimum Gasteiger partial charge on any atom is -0.495 e. The second-order valence-electron chi connectivity index (χ2n) is 7.25. The predicted molar refractivity (Wildman–Crippen MR) is 116 cm³/mol. The molecule has 6 nitrogen and oxygen atoms in total. The van der Waals surface area contributed by atoms with Crippen LogP contribution in [0.3, 0.4) is 0 Å². The summed E-state index contributed by atoms with van der Waals surface area (Å²) in [7, 11) is 1.72. The Morgan fingerprint density at radius 1 is 0.966 bits per heavy atom. The lowest BCUT2D eigenvalue weighted by atomic mass is 10.2. The number of nitrogens with zero attached hydrogens (tertiary/aromatic N) is 2. The average molecular weight is 393 g/mol. The van der Waals surface area contributed by atoms with E-state index in [0.717, 1.165) is 61.5 Å². The van der Waals surface area contributed by atoms with Crippen LogP contribution in [-0.4, -0.2) is 56.3 Å². The van der Waals surface area contributed by atoms with Crippen molar-refractivity contribution in [1.82, 2.24) is 9.88 Å². The SMILES string of the molecule is COc1ccccc1N1CCN(CCCOc2cc3ccccc3[nH]c2=O)CC1. The lowest BCUT2D eigenvalue weighted by molar-refractivity contribution is 0.223. The van der Waals surface area contributed by atoms with Crippen LogP contribution in [0, 0.1) is 0 Å². The van der Waals surface area contributed by atoms with Gasteiger partial charge in [-0.15, -0.1) is 0 Å². The molecule has 0 radical (unpaired) electrons. The number of para-hydroxylation sites is 3. The fourth-order valence-corrected chi connectivity index (χ4v) is 3.81. The minimum atomic E-state index is -0.172. The molecular formula is C23H27N3O3. The number of methoxy groups -OCH3 is 1. The topological polar surface area (TPSA) is 57.8 Å². The number of anilines is 1. The van der Waals surface area contributed by atoms with Crippen LogP contribution in [0.2, 0.25) is 0 Å². The molecule has 1 N–H and O–H groups in total. The van der Waals surface area contributed by atoms with Gasteiger partial charge in [0.05, 0.1) is 19.4 Å². The highest BCUT2D eigenvalue weighted by molar-refractivity contribution is 5.79. The van der Waals surface area contributed by atoms with E-state index in [1.165, 1.54) is 0 Å². The van der Waals surface area contributed by atoms with E-state index in [-0.39, 0.29) is 5.56 Å². The van der Waals surface area contributed by atoms with E-state index in [0.29, 0.717) is 12.4 Å². The smallest absolute Gasteiger partial charge is 0.290 e. The molecule has 29 heavy (non-hydrogen) atoms. The molecule has 1 saturated heterocycles. The number of ether oxygens (including phenoxy) is 2. The maximum Gasteiger partial charge on any atom is 0.290 e. The third-order valence-electron chi connectivity index (χ3n) is 5.39. The summed E-state index contributed by atoms with van der Waals surface area (Å²) in [6.07, 6.45) is 0.890. The number of benzene rings is 2. The van der Waals surface area contributed by atoms with Gasteiger partial charge in [0.2, 0.25) is 0 Å². The van der Waals surface area contributed by atoms with Gasteiger partial charge in [-0.1, -0.05) is 30.3 Å². The monoisotopic (exact) mass is 393 g/mol. The number of pyridine rings is 1. The number of H-pyrrole nitrogens is 1. The Morgan fingerprint density at radius 2 is 1.72 bits per heavy atom. The quantitative estimate of drug-likeness (QED) is 0.625. The summed E-state index contributed by atoms with van der Waals surface area (Å²) in [5.41, 5.74) is 1.82. The van der Waals surface area contributed by atoms with Crippen LogP contribution < -0.4 is 19.9 Å². The fourth-order valence-electron chi connectivity index (χ4n) is 3.81. The van der Waals surface area contributed by atoms with Gasteiger partial charge >= 0.3 is 0 Å². The molecule has 1 aliphatic rings. The molecular weight excluding hydrogens is 366 g/mol. The molecule has 1 fully saturated rings. The molecule has 0 bridgehead atoms. The van der Waals surface area contributed by atoms with Gasteiger partial charge in [0, 0.05) is 43.6 Å². The minimum absolute atomic E-state index is 0.172. The summed E-state index contributed by atoms with van der Waals surface area (Å²) >= 11 is 0. The first kappa shape index (κ1) is 19.3. The molecule has 0 atom stereocenters. The Morgan fingerprint density at radius 3 is 2.55 bits per heavy atom. The van der Waals surface area contributed by atoms with Crippen molar-refractivity contribution in [3.05, 3.63) is 65.0 Å².